The number of carbonyl (C=O) groups is 2. The van der Waals surface area contributed by atoms with Gasteiger partial charge in [-0.3, -0.25) is 14.9 Å². The van der Waals surface area contributed by atoms with E-state index in [1.54, 1.807) is 43.5 Å². The van der Waals surface area contributed by atoms with Crippen molar-refractivity contribution in [2.24, 2.45) is 0 Å². The van der Waals surface area contributed by atoms with Crippen molar-refractivity contribution in [1.82, 2.24) is 4.98 Å². The van der Waals surface area contributed by atoms with E-state index >= 15 is 0 Å². The fourth-order valence-corrected chi connectivity index (χ4v) is 4.96. The Morgan fingerprint density at radius 1 is 0.927 bits per heavy atom. The normalized spacial score (nSPS) is 11.9. The van der Waals surface area contributed by atoms with Gasteiger partial charge in [-0.2, -0.15) is 0 Å². The first kappa shape index (κ1) is 29.7. The van der Waals surface area contributed by atoms with Crippen molar-refractivity contribution >= 4 is 38.0 Å². The van der Waals surface area contributed by atoms with Gasteiger partial charge in [-0.15, -0.1) is 0 Å². The number of rotatable bonds is 12. The third-order valence-electron chi connectivity index (χ3n) is 5.53. The Morgan fingerprint density at radius 2 is 1.63 bits per heavy atom. The second kappa shape index (κ2) is 12.9. The molecule has 0 radical (unpaired) electrons. The standard InChI is InChI=1S/C29H28N2O8S2/c1-18(17-36-3)37-24-13-21(14-25(15-24)38-22-8-10-26(11-9-22)41(4,34)35)28(33)31-29-30-16-27(40-29)39-23-7-5-6-20(12-23)19(2)32/h5-16,18H,17H2,1-4H3,(H,30,31,33)/t18-/m0/s1. The fraction of sp³-hybridized carbons (Fsp3) is 0.207. The number of methoxy groups -OCH3 is 1. The number of carbonyl (C=O) groups excluding carboxylic acids is 2. The summed E-state index contributed by atoms with van der Waals surface area (Å²) in [4.78, 5) is 29.2. The van der Waals surface area contributed by atoms with Crippen LogP contribution in [-0.4, -0.2) is 51.2 Å². The Morgan fingerprint density at radius 3 is 2.32 bits per heavy atom. The predicted molar refractivity (Wildman–Crippen MR) is 155 cm³/mol. The molecule has 4 aromatic rings. The van der Waals surface area contributed by atoms with Gasteiger partial charge in [0, 0.05) is 30.6 Å². The number of sulfone groups is 1. The van der Waals surface area contributed by atoms with Crippen LogP contribution < -0.4 is 19.5 Å². The van der Waals surface area contributed by atoms with Crippen LogP contribution in [-0.2, 0) is 14.6 Å². The summed E-state index contributed by atoms with van der Waals surface area (Å²) in [6.07, 6.45) is 2.29. The van der Waals surface area contributed by atoms with Gasteiger partial charge >= 0.3 is 0 Å². The molecule has 1 N–H and O–H groups in total. The van der Waals surface area contributed by atoms with Crippen LogP contribution in [0, 0.1) is 0 Å². The van der Waals surface area contributed by atoms with Gasteiger partial charge in [0.25, 0.3) is 5.91 Å². The Bertz CT molecular complexity index is 1650. The van der Waals surface area contributed by atoms with Crippen LogP contribution >= 0.6 is 11.3 Å². The number of benzene rings is 3. The molecule has 0 fully saturated rings. The molecule has 0 saturated heterocycles. The molecular weight excluding hydrogens is 568 g/mol. The Labute approximate surface area is 241 Å². The molecule has 1 heterocycles. The third-order valence-corrected chi connectivity index (χ3v) is 7.45. The zero-order chi connectivity index (χ0) is 29.6. The van der Waals surface area contributed by atoms with Crippen molar-refractivity contribution in [1.29, 1.82) is 0 Å². The topological polar surface area (TPSA) is 130 Å². The molecule has 1 amide bonds. The van der Waals surface area contributed by atoms with Gasteiger partial charge in [0.1, 0.15) is 29.1 Å². The number of hydrogen-bond donors (Lipinski definition) is 1. The summed E-state index contributed by atoms with van der Waals surface area (Å²) in [5, 5.41) is 3.47. The molecule has 0 aliphatic heterocycles. The molecule has 12 heteroatoms. The first-order chi connectivity index (χ1) is 19.5. The van der Waals surface area contributed by atoms with E-state index < -0.39 is 15.7 Å². The maximum absolute atomic E-state index is 13.2. The number of nitrogens with zero attached hydrogens (tertiary/aromatic N) is 1. The highest BCUT2D eigenvalue weighted by molar-refractivity contribution is 7.90. The summed E-state index contributed by atoms with van der Waals surface area (Å²) >= 11 is 1.12. The zero-order valence-corrected chi connectivity index (χ0v) is 24.4. The highest BCUT2D eigenvalue weighted by atomic mass is 32.2. The minimum atomic E-state index is -3.36. The van der Waals surface area contributed by atoms with Crippen molar-refractivity contribution in [2.75, 3.05) is 25.3 Å². The molecule has 214 valence electrons. The van der Waals surface area contributed by atoms with E-state index in [1.807, 2.05) is 6.92 Å². The van der Waals surface area contributed by atoms with Crippen molar-refractivity contribution in [3.63, 3.8) is 0 Å². The number of amides is 1. The average Bonchev–Trinajstić information content (AvgIpc) is 3.35. The lowest BCUT2D eigenvalue weighted by Crippen LogP contribution is -2.18. The number of ether oxygens (including phenoxy) is 4. The van der Waals surface area contributed by atoms with Crippen LogP contribution in [0.15, 0.2) is 77.8 Å². The van der Waals surface area contributed by atoms with Gasteiger partial charge in [0.2, 0.25) is 5.06 Å². The van der Waals surface area contributed by atoms with E-state index in [4.69, 9.17) is 18.9 Å². The molecule has 1 aromatic heterocycles. The second-order valence-corrected chi connectivity index (χ2v) is 12.1. The van der Waals surface area contributed by atoms with Crippen molar-refractivity contribution in [3.05, 3.63) is 84.1 Å². The first-order valence-electron chi connectivity index (χ1n) is 12.3. The van der Waals surface area contributed by atoms with E-state index in [0.29, 0.717) is 45.4 Å². The first-order valence-corrected chi connectivity index (χ1v) is 15.1. The predicted octanol–water partition coefficient (Wildman–Crippen LogP) is 6.00. The number of Topliss-reactive ketones (excluding diaryl/α,β-unsaturated/α-hetero) is 1. The van der Waals surface area contributed by atoms with E-state index in [1.165, 1.54) is 43.5 Å². The molecule has 0 spiro atoms. The van der Waals surface area contributed by atoms with Crippen LogP contribution in [0.5, 0.6) is 28.1 Å². The van der Waals surface area contributed by atoms with E-state index in [0.717, 1.165) is 17.6 Å². The lowest BCUT2D eigenvalue weighted by atomic mass is 10.1. The molecule has 0 saturated carbocycles. The largest absolute Gasteiger partial charge is 0.488 e. The zero-order valence-electron chi connectivity index (χ0n) is 22.7. The van der Waals surface area contributed by atoms with Crippen LogP contribution in [0.3, 0.4) is 0 Å². The Hall–Kier alpha value is -4.26. The summed E-state index contributed by atoms with van der Waals surface area (Å²) in [7, 11) is -1.80. The number of hydrogen-bond acceptors (Lipinski definition) is 10. The van der Waals surface area contributed by atoms with Gasteiger partial charge in [0.05, 0.1) is 17.7 Å². The number of anilines is 1. The third kappa shape index (κ3) is 8.37. The summed E-state index contributed by atoms with van der Waals surface area (Å²) in [5.41, 5.74) is 0.758. The molecule has 3 aromatic carbocycles. The summed E-state index contributed by atoms with van der Waals surface area (Å²) < 4.78 is 46.3. The molecule has 0 unspecified atom stereocenters. The number of thiazole rings is 1. The van der Waals surface area contributed by atoms with Crippen LogP contribution in [0.2, 0.25) is 0 Å². The number of ketones is 1. The number of aromatic nitrogens is 1. The summed E-state index contributed by atoms with van der Waals surface area (Å²) in [5.74, 6) is 0.981. The molecule has 10 nitrogen and oxygen atoms in total. The van der Waals surface area contributed by atoms with E-state index in [-0.39, 0.29) is 22.3 Å². The maximum atomic E-state index is 13.2. The van der Waals surface area contributed by atoms with Gasteiger partial charge in [0.15, 0.2) is 20.8 Å². The number of nitrogens with one attached hydrogen (secondary N) is 1. The minimum Gasteiger partial charge on any atom is -0.488 e. The summed E-state index contributed by atoms with van der Waals surface area (Å²) in [6.45, 7) is 3.63. The monoisotopic (exact) mass is 596 g/mol. The van der Waals surface area contributed by atoms with E-state index in [9.17, 15) is 18.0 Å². The van der Waals surface area contributed by atoms with Crippen LogP contribution in [0.1, 0.15) is 34.6 Å². The minimum absolute atomic E-state index is 0.0789. The molecule has 41 heavy (non-hydrogen) atoms. The van der Waals surface area contributed by atoms with Gasteiger partial charge in [-0.25, -0.2) is 13.4 Å². The van der Waals surface area contributed by atoms with E-state index in [2.05, 4.69) is 10.3 Å². The second-order valence-electron chi connectivity index (χ2n) is 9.05. The molecule has 1 atom stereocenters. The molecular formula is C29H28N2O8S2. The lowest BCUT2D eigenvalue weighted by molar-refractivity contribution is 0.0916. The smallest absolute Gasteiger partial charge is 0.257 e. The van der Waals surface area contributed by atoms with Crippen molar-refractivity contribution in [2.45, 2.75) is 24.8 Å². The average molecular weight is 597 g/mol. The molecule has 0 aliphatic rings. The van der Waals surface area contributed by atoms with Crippen LogP contribution in [0.4, 0.5) is 5.13 Å². The molecule has 0 bridgehead atoms. The highest BCUT2D eigenvalue weighted by Crippen LogP contribution is 2.32. The van der Waals surface area contributed by atoms with Gasteiger partial charge < -0.3 is 18.9 Å². The fourth-order valence-electron chi connectivity index (χ4n) is 3.65. The SMILES string of the molecule is COC[C@H](C)Oc1cc(Oc2ccc(S(C)(=O)=O)cc2)cc(C(=O)Nc2ncc(Oc3cccc(C(C)=O)c3)s2)c1. The van der Waals surface area contributed by atoms with Crippen LogP contribution in [0.25, 0.3) is 0 Å². The van der Waals surface area contributed by atoms with Gasteiger partial charge in [-0.05, 0) is 62.4 Å². The molecule has 0 aliphatic carbocycles. The van der Waals surface area contributed by atoms with Crippen molar-refractivity contribution < 1.29 is 37.0 Å². The highest BCUT2D eigenvalue weighted by Gasteiger charge is 2.16. The Kier molecular flexibility index (Phi) is 9.38. The lowest BCUT2D eigenvalue weighted by Gasteiger charge is -2.16. The maximum Gasteiger partial charge on any atom is 0.257 e. The summed E-state index contributed by atoms with van der Waals surface area (Å²) in [6, 6.07) is 17.4. The molecule has 4 rings (SSSR count). The quantitative estimate of drug-likeness (QED) is 0.196. The van der Waals surface area contributed by atoms with Crippen molar-refractivity contribution in [3.8, 4) is 28.1 Å². The Balaban J connectivity index is 1.53. The van der Waals surface area contributed by atoms with Gasteiger partial charge in [-0.1, -0.05) is 23.5 Å².